The van der Waals surface area contributed by atoms with Gasteiger partial charge in [0.25, 0.3) is 0 Å². The van der Waals surface area contributed by atoms with Gasteiger partial charge in [0.15, 0.2) is 0 Å². The van der Waals surface area contributed by atoms with Gasteiger partial charge in [0.1, 0.15) is 0 Å². The average Bonchev–Trinajstić information content (AvgIpc) is 2.54. The SMILES string of the molecule is ClC(=CC(Cl)(Cl)OC(Cl)(Cl)C=C(Cl)c1ccccc1)c1ccccc1. The Labute approximate surface area is 176 Å². The summed E-state index contributed by atoms with van der Waals surface area (Å²) in [6.45, 7) is 0. The Morgan fingerprint density at radius 1 is 0.640 bits per heavy atom. The molecule has 0 N–H and O–H groups in total. The van der Waals surface area contributed by atoms with Crippen molar-refractivity contribution >= 4 is 79.7 Å². The highest BCUT2D eigenvalue weighted by atomic mass is 35.5. The second-order valence-corrected chi connectivity index (χ2v) is 8.39. The molecule has 0 aliphatic carbocycles. The largest absolute Gasteiger partial charge is 0.303 e. The quantitative estimate of drug-likeness (QED) is 0.402. The fourth-order valence-corrected chi connectivity index (χ4v) is 3.76. The summed E-state index contributed by atoms with van der Waals surface area (Å²) in [6.07, 6.45) is 2.58. The number of benzene rings is 2. The minimum atomic E-state index is -1.87. The van der Waals surface area contributed by atoms with Crippen LogP contribution in [0.25, 0.3) is 10.1 Å². The van der Waals surface area contributed by atoms with Crippen LogP contribution in [0.15, 0.2) is 72.8 Å². The molecule has 2 aromatic rings. The van der Waals surface area contributed by atoms with Gasteiger partial charge in [-0.15, -0.1) is 0 Å². The van der Waals surface area contributed by atoms with Crippen LogP contribution in [0.3, 0.4) is 0 Å². The van der Waals surface area contributed by atoms with Gasteiger partial charge in [0.2, 0.25) is 9.04 Å². The summed E-state index contributed by atoms with van der Waals surface area (Å²) in [5.41, 5.74) is 1.43. The van der Waals surface area contributed by atoms with E-state index < -0.39 is 9.04 Å². The van der Waals surface area contributed by atoms with Gasteiger partial charge in [-0.3, -0.25) is 0 Å². The molecule has 0 fully saturated rings. The van der Waals surface area contributed by atoms with E-state index >= 15 is 0 Å². The van der Waals surface area contributed by atoms with Crippen LogP contribution in [-0.2, 0) is 4.74 Å². The molecule has 0 saturated carbocycles. The molecule has 1 nitrogen and oxygen atoms in total. The molecular weight excluding hydrogens is 445 g/mol. The van der Waals surface area contributed by atoms with Crippen molar-refractivity contribution in [1.29, 1.82) is 0 Å². The van der Waals surface area contributed by atoms with Crippen LogP contribution < -0.4 is 0 Å². The van der Waals surface area contributed by atoms with Crippen molar-refractivity contribution in [3.05, 3.63) is 83.9 Å². The highest BCUT2D eigenvalue weighted by Crippen LogP contribution is 2.40. The maximum absolute atomic E-state index is 6.21. The monoisotopic (exact) mass is 454 g/mol. The number of hydrogen-bond donors (Lipinski definition) is 0. The van der Waals surface area contributed by atoms with Crippen molar-refractivity contribution in [3.8, 4) is 0 Å². The van der Waals surface area contributed by atoms with Crippen molar-refractivity contribution in [3.63, 3.8) is 0 Å². The van der Waals surface area contributed by atoms with Crippen molar-refractivity contribution in [2.45, 2.75) is 9.04 Å². The number of alkyl halides is 4. The lowest BCUT2D eigenvalue weighted by Crippen LogP contribution is -2.26. The Hall–Kier alpha value is -0.380. The van der Waals surface area contributed by atoms with Gasteiger partial charge in [-0.05, 0) is 23.3 Å². The fourth-order valence-electron chi connectivity index (χ4n) is 1.90. The third kappa shape index (κ3) is 7.03. The van der Waals surface area contributed by atoms with Gasteiger partial charge in [-0.2, -0.15) is 0 Å². The molecule has 0 bridgehead atoms. The molecule has 0 spiro atoms. The molecule has 0 aliphatic heterocycles. The first kappa shape index (κ1) is 20.9. The first-order valence-electron chi connectivity index (χ1n) is 7.02. The van der Waals surface area contributed by atoms with E-state index in [1.165, 1.54) is 12.2 Å². The summed E-state index contributed by atoms with van der Waals surface area (Å²) in [5, 5.41) is 0.570. The second kappa shape index (κ2) is 9.01. The molecule has 7 heteroatoms. The van der Waals surface area contributed by atoms with E-state index in [1.54, 1.807) is 24.3 Å². The number of hydrogen-bond acceptors (Lipinski definition) is 1. The van der Waals surface area contributed by atoms with Crippen LogP contribution >= 0.6 is 69.6 Å². The summed E-state index contributed by atoms with van der Waals surface area (Å²) >= 11 is 37.0. The lowest BCUT2D eigenvalue weighted by Gasteiger charge is -2.25. The molecule has 132 valence electrons. The van der Waals surface area contributed by atoms with Crippen molar-refractivity contribution < 1.29 is 4.74 Å². The fraction of sp³-hybridized carbons (Fsp3) is 0.111. The summed E-state index contributed by atoms with van der Waals surface area (Å²) in [5.74, 6) is 0. The van der Waals surface area contributed by atoms with E-state index in [0.29, 0.717) is 11.1 Å². The maximum atomic E-state index is 6.21. The average molecular weight is 457 g/mol. The Bertz CT molecular complexity index is 688. The Kier molecular flexibility index (Phi) is 7.54. The van der Waals surface area contributed by atoms with Crippen molar-refractivity contribution in [2.24, 2.45) is 0 Å². The summed E-state index contributed by atoms with van der Waals surface area (Å²) in [4.78, 5) is 0. The number of ether oxygens (including phenoxy) is 1. The van der Waals surface area contributed by atoms with Gasteiger partial charge < -0.3 is 4.74 Å². The van der Waals surface area contributed by atoms with Gasteiger partial charge in [-0.25, -0.2) is 0 Å². The molecule has 0 radical (unpaired) electrons. The summed E-state index contributed by atoms with van der Waals surface area (Å²) in [7, 11) is 0. The minimum absolute atomic E-state index is 0.285. The lowest BCUT2D eigenvalue weighted by atomic mass is 10.2. The summed E-state index contributed by atoms with van der Waals surface area (Å²) in [6, 6.07) is 18.2. The Morgan fingerprint density at radius 2 is 0.960 bits per heavy atom. The molecule has 0 saturated heterocycles. The molecule has 0 aromatic heterocycles. The minimum Gasteiger partial charge on any atom is -0.303 e. The van der Waals surface area contributed by atoms with Crippen LogP contribution in [0.5, 0.6) is 0 Å². The van der Waals surface area contributed by atoms with Crippen LogP contribution in [0.2, 0.25) is 0 Å². The van der Waals surface area contributed by atoms with Crippen LogP contribution in [0, 0.1) is 0 Å². The number of rotatable bonds is 6. The Morgan fingerprint density at radius 3 is 1.28 bits per heavy atom. The standard InChI is InChI=1S/C18H12Cl6O/c19-15(13-7-3-1-4-8-13)11-17(21,22)25-18(23,24)12-16(20)14-9-5-2-6-10-14/h1-12H. The van der Waals surface area contributed by atoms with E-state index in [1.807, 2.05) is 36.4 Å². The third-order valence-corrected chi connectivity index (χ3v) is 4.36. The van der Waals surface area contributed by atoms with E-state index in [2.05, 4.69) is 0 Å². The zero-order valence-corrected chi connectivity index (χ0v) is 17.1. The molecule has 0 unspecified atom stereocenters. The molecule has 0 atom stereocenters. The zero-order chi connectivity index (χ0) is 18.5. The molecule has 0 aliphatic rings. The highest BCUT2D eigenvalue weighted by molar-refractivity contribution is 6.56. The first-order valence-corrected chi connectivity index (χ1v) is 9.29. The van der Waals surface area contributed by atoms with Crippen LogP contribution in [0.4, 0.5) is 0 Å². The van der Waals surface area contributed by atoms with E-state index in [4.69, 9.17) is 74.3 Å². The van der Waals surface area contributed by atoms with Gasteiger partial charge in [0, 0.05) is 10.1 Å². The zero-order valence-electron chi connectivity index (χ0n) is 12.6. The molecule has 0 heterocycles. The predicted molar refractivity (Wildman–Crippen MR) is 111 cm³/mol. The maximum Gasteiger partial charge on any atom is 0.241 e. The Balaban J connectivity index is 2.18. The highest BCUT2D eigenvalue weighted by Gasteiger charge is 2.35. The van der Waals surface area contributed by atoms with Gasteiger partial charge in [-0.1, -0.05) is 130 Å². The second-order valence-electron chi connectivity index (χ2n) is 4.94. The molecule has 2 rings (SSSR count). The van der Waals surface area contributed by atoms with E-state index in [9.17, 15) is 0 Å². The van der Waals surface area contributed by atoms with Crippen LogP contribution in [-0.4, -0.2) is 9.04 Å². The summed E-state index contributed by atoms with van der Waals surface area (Å²) < 4.78 is 1.60. The van der Waals surface area contributed by atoms with Crippen molar-refractivity contribution in [1.82, 2.24) is 0 Å². The molecular formula is C18H12Cl6O. The smallest absolute Gasteiger partial charge is 0.241 e. The predicted octanol–water partition coefficient (Wildman–Crippen LogP) is 7.83. The normalized spacial score (nSPS) is 13.8. The third-order valence-electron chi connectivity index (χ3n) is 2.96. The van der Waals surface area contributed by atoms with E-state index in [-0.39, 0.29) is 10.1 Å². The molecule has 25 heavy (non-hydrogen) atoms. The van der Waals surface area contributed by atoms with E-state index in [0.717, 1.165) is 0 Å². The number of halogens is 6. The van der Waals surface area contributed by atoms with Crippen LogP contribution in [0.1, 0.15) is 11.1 Å². The topological polar surface area (TPSA) is 9.23 Å². The molecule has 2 aromatic carbocycles. The van der Waals surface area contributed by atoms with Gasteiger partial charge >= 0.3 is 0 Å². The van der Waals surface area contributed by atoms with Gasteiger partial charge in [0.05, 0.1) is 0 Å². The van der Waals surface area contributed by atoms with Crippen molar-refractivity contribution in [2.75, 3.05) is 0 Å². The molecule has 0 amide bonds. The first-order chi connectivity index (χ1) is 11.7. The lowest BCUT2D eigenvalue weighted by molar-refractivity contribution is 0.0845.